The zero-order valence-corrected chi connectivity index (χ0v) is 16.8. The second-order valence-corrected chi connectivity index (χ2v) is 6.81. The van der Waals surface area contributed by atoms with E-state index >= 15 is 0 Å². The van der Waals surface area contributed by atoms with Crippen molar-refractivity contribution in [2.75, 3.05) is 30.8 Å². The molecular weight excluding hydrogens is 344 g/mol. The molecule has 0 radical (unpaired) electrons. The Balaban J connectivity index is 2.08. The van der Waals surface area contributed by atoms with Crippen molar-refractivity contribution in [3.05, 3.63) is 6.33 Å². The Morgan fingerprint density at radius 1 is 1.19 bits per heavy atom. The number of ether oxygens (including phenoxy) is 1. The summed E-state index contributed by atoms with van der Waals surface area (Å²) in [6.45, 7) is 9.02. The van der Waals surface area contributed by atoms with Gasteiger partial charge in [0.1, 0.15) is 6.33 Å². The largest absolute Gasteiger partial charge is 0.391 e. The molecule has 152 valence electrons. The van der Waals surface area contributed by atoms with Gasteiger partial charge >= 0.3 is 0 Å². The molecule has 1 unspecified atom stereocenters. The first kappa shape index (κ1) is 21.4. The lowest BCUT2D eigenvalue weighted by molar-refractivity contribution is 0.0871. The third-order valence-electron chi connectivity index (χ3n) is 4.98. The zero-order valence-electron chi connectivity index (χ0n) is 16.8. The van der Waals surface area contributed by atoms with Gasteiger partial charge in [0.15, 0.2) is 17.0 Å². The molecule has 2 heterocycles. The minimum atomic E-state index is -0.458. The molecule has 0 saturated carbocycles. The van der Waals surface area contributed by atoms with Gasteiger partial charge in [0, 0.05) is 19.8 Å². The van der Waals surface area contributed by atoms with Gasteiger partial charge in [-0.15, -0.1) is 0 Å². The number of aliphatic hydroxyl groups excluding tert-OH is 1. The van der Waals surface area contributed by atoms with Crippen molar-refractivity contribution >= 4 is 22.9 Å². The summed E-state index contributed by atoms with van der Waals surface area (Å²) < 4.78 is 7.29. The SMILES string of the molecule is CCOCCCCCNc1nc2c(N)ncnc2n1CC(O)C(CC)CC. The molecule has 2 rings (SSSR count). The first-order valence-electron chi connectivity index (χ1n) is 10.1. The van der Waals surface area contributed by atoms with Gasteiger partial charge in [-0.1, -0.05) is 26.7 Å². The number of nitrogens with two attached hydrogens (primary N) is 1. The number of hydrogen-bond acceptors (Lipinski definition) is 7. The highest BCUT2D eigenvalue weighted by Gasteiger charge is 2.21. The van der Waals surface area contributed by atoms with Crippen molar-refractivity contribution < 1.29 is 9.84 Å². The molecule has 27 heavy (non-hydrogen) atoms. The van der Waals surface area contributed by atoms with Crippen LogP contribution in [0, 0.1) is 5.92 Å². The van der Waals surface area contributed by atoms with Gasteiger partial charge in [-0.25, -0.2) is 15.0 Å². The first-order chi connectivity index (χ1) is 13.1. The van der Waals surface area contributed by atoms with E-state index in [1.54, 1.807) is 0 Å². The van der Waals surface area contributed by atoms with Crippen LogP contribution in [0.25, 0.3) is 11.2 Å². The molecule has 4 N–H and O–H groups in total. The van der Waals surface area contributed by atoms with E-state index in [0.29, 0.717) is 29.5 Å². The number of nitrogen functional groups attached to an aromatic ring is 1. The molecule has 0 aromatic carbocycles. The molecule has 8 heteroatoms. The Hall–Kier alpha value is -1.93. The number of anilines is 2. The maximum absolute atomic E-state index is 10.7. The second-order valence-electron chi connectivity index (χ2n) is 6.81. The average molecular weight is 379 g/mol. The molecule has 0 saturated heterocycles. The smallest absolute Gasteiger partial charge is 0.205 e. The molecule has 0 aliphatic heterocycles. The number of fused-ring (bicyclic) bond motifs is 1. The summed E-state index contributed by atoms with van der Waals surface area (Å²) in [5.74, 6) is 1.29. The van der Waals surface area contributed by atoms with Gasteiger partial charge in [0.2, 0.25) is 5.95 Å². The summed E-state index contributed by atoms with van der Waals surface area (Å²) in [7, 11) is 0. The normalized spacial score (nSPS) is 12.8. The zero-order chi connectivity index (χ0) is 19.6. The molecule has 0 spiro atoms. The second kappa shape index (κ2) is 11.0. The van der Waals surface area contributed by atoms with Gasteiger partial charge in [-0.05, 0) is 32.1 Å². The molecule has 0 aliphatic carbocycles. The van der Waals surface area contributed by atoms with Gasteiger partial charge in [-0.2, -0.15) is 0 Å². The summed E-state index contributed by atoms with van der Waals surface area (Å²) in [4.78, 5) is 13.0. The minimum Gasteiger partial charge on any atom is -0.391 e. The van der Waals surface area contributed by atoms with E-state index < -0.39 is 6.10 Å². The van der Waals surface area contributed by atoms with E-state index in [4.69, 9.17) is 10.5 Å². The van der Waals surface area contributed by atoms with Crippen LogP contribution in [0.5, 0.6) is 0 Å². The Bertz CT molecular complexity index is 686. The predicted molar refractivity (Wildman–Crippen MR) is 109 cm³/mol. The van der Waals surface area contributed by atoms with Crippen molar-refractivity contribution in [3.8, 4) is 0 Å². The number of aromatic nitrogens is 4. The standard InChI is InChI=1S/C19H34N6O2/c1-4-14(5-2)15(26)12-25-18-16(17(20)22-13-23-18)24-19(25)21-10-8-7-9-11-27-6-3/h13-15,26H,4-12H2,1-3H3,(H,21,24)(H2,20,22,23). The molecule has 8 nitrogen and oxygen atoms in total. The molecule has 1 atom stereocenters. The third kappa shape index (κ3) is 5.77. The Kier molecular flexibility index (Phi) is 8.74. The number of hydrogen-bond donors (Lipinski definition) is 3. The van der Waals surface area contributed by atoms with Crippen molar-refractivity contribution in [2.45, 2.75) is 65.5 Å². The number of aliphatic hydroxyl groups is 1. The number of nitrogens with one attached hydrogen (secondary N) is 1. The number of nitrogens with zero attached hydrogens (tertiary/aromatic N) is 4. The third-order valence-corrected chi connectivity index (χ3v) is 4.98. The maximum atomic E-state index is 10.7. The number of unbranched alkanes of at least 4 members (excludes halogenated alkanes) is 2. The van der Waals surface area contributed by atoms with Gasteiger partial charge in [0.25, 0.3) is 0 Å². The van der Waals surface area contributed by atoms with Crippen LogP contribution in [0.3, 0.4) is 0 Å². The van der Waals surface area contributed by atoms with E-state index in [9.17, 15) is 5.11 Å². The molecule has 0 aliphatic rings. The minimum absolute atomic E-state index is 0.244. The van der Waals surface area contributed by atoms with Crippen LogP contribution in [-0.4, -0.2) is 50.5 Å². The quantitative estimate of drug-likeness (QED) is 0.460. The van der Waals surface area contributed by atoms with Crippen LogP contribution in [0.15, 0.2) is 6.33 Å². The van der Waals surface area contributed by atoms with E-state index in [0.717, 1.165) is 51.9 Å². The lowest BCUT2D eigenvalue weighted by Crippen LogP contribution is -2.26. The van der Waals surface area contributed by atoms with Crippen molar-refractivity contribution in [1.82, 2.24) is 19.5 Å². The van der Waals surface area contributed by atoms with Crippen molar-refractivity contribution in [2.24, 2.45) is 5.92 Å². The van der Waals surface area contributed by atoms with E-state index in [1.165, 1.54) is 6.33 Å². The lowest BCUT2D eigenvalue weighted by atomic mass is 9.96. The van der Waals surface area contributed by atoms with Crippen LogP contribution in [-0.2, 0) is 11.3 Å². The molecule has 0 fully saturated rings. The number of rotatable bonds is 13. The Morgan fingerprint density at radius 3 is 2.67 bits per heavy atom. The summed E-state index contributed by atoms with van der Waals surface area (Å²) in [6.07, 6.45) is 6.01. The summed E-state index contributed by atoms with van der Waals surface area (Å²) in [6, 6.07) is 0. The van der Waals surface area contributed by atoms with Gasteiger partial charge in [0.05, 0.1) is 12.6 Å². The van der Waals surface area contributed by atoms with E-state index in [-0.39, 0.29) is 5.92 Å². The van der Waals surface area contributed by atoms with Gasteiger partial charge < -0.3 is 20.9 Å². The average Bonchev–Trinajstić information content (AvgIpc) is 3.01. The topological polar surface area (TPSA) is 111 Å². The summed E-state index contributed by atoms with van der Waals surface area (Å²) >= 11 is 0. The predicted octanol–water partition coefficient (Wildman–Crippen LogP) is 2.82. The Morgan fingerprint density at radius 2 is 1.96 bits per heavy atom. The van der Waals surface area contributed by atoms with Crippen molar-refractivity contribution in [1.29, 1.82) is 0 Å². The highest BCUT2D eigenvalue weighted by molar-refractivity contribution is 5.83. The summed E-state index contributed by atoms with van der Waals surface area (Å²) in [5, 5.41) is 14.0. The molecular formula is C19H34N6O2. The molecule has 2 aromatic heterocycles. The van der Waals surface area contributed by atoms with E-state index in [2.05, 4.69) is 34.1 Å². The lowest BCUT2D eigenvalue weighted by Gasteiger charge is -2.21. The van der Waals surface area contributed by atoms with Crippen LogP contribution < -0.4 is 11.1 Å². The van der Waals surface area contributed by atoms with E-state index in [1.807, 2.05) is 11.5 Å². The highest BCUT2D eigenvalue weighted by Crippen LogP contribution is 2.24. The molecule has 0 amide bonds. The first-order valence-corrected chi connectivity index (χ1v) is 10.1. The fourth-order valence-electron chi connectivity index (χ4n) is 3.28. The van der Waals surface area contributed by atoms with Crippen LogP contribution in [0.1, 0.15) is 52.9 Å². The number of imidazole rings is 1. The monoisotopic (exact) mass is 378 g/mol. The maximum Gasteiger partial charge on any atom is 0.205 e. The van der Waals surface area contributed by atoms with Crippen LogP contribution in [0.2, 0.25) is 0 Å². The highest BCUT2D eigenvalue weighted by atomic mass is 16.5. The fraction of sp³-hybridized carbons (Fsp3) is 0.737. The van der Waals surface area contributed by atoms with Crippen LogP contribution >= 0.6 is 0 Å². The van der Waals surface area contributed by atoms with Crippen molar-refractivity contribution in [3.63, 3.8) is 0 Å². The Labute approximate surface area is 161 Å². The molecule has 2 aromatic rings. The van der Waals surface area contributed by atoms with Crippen LogP contribution in [0.4, 0.5) is 11.8 Å². The molecule has 0 bridgehead atoms. The van der Waals surface area contributed by atoms with Gasteiger partial charge in [-0.3, -0.25) is 4.57 Å². The summed E-state index contributed by atoms with van der Waals surface area (Å²) in [5.41, 5.74) is 7.21. The fourth-order valence-corrected chi connectivity index (χ4v) is 3.28.